The van der Waals surface area contributed by atoms with E-state index in [1.165, 1.54) is 6.26 Å². The molecule has 72 valence electrons. The van der Waals surface area contributed by atoms with E-state index in [-0.39, 0.29) is 0 Å². The number of sulfone groups is 1. The van der Waals surface area contributed by atoms with Crippen LogP contribution in [-0.4, -0.2) is 20.0 Å². The van der Waals surface area contributed by atoms with Gasteiger partial charge in [0.1, 0.15) is 0 Å². The summed E-state index contributed by atoms with van der Waals surface area (Å²) in [6.07, 6.45) is 2.14. The summed E-state index contributed by atoms with van der Waals surface area (Å²) < 4.78 is 22.2. The van der Waals surface area contributed by atoms with Gasteiger partial charge in [-0.05, 0) is 24.1 Å². The number of benzene rings is 1. The molecule has 1 rings (SSSR count). The Morgan fingerprint density at radius 2 is 1.77 bits per heavy atom. The minimum atomic E-state index is -3.05. The molecule has 0 aliphatic heterocycles. The summed E-state index contributed by atoms with van der Waals surface area (Å²) in [4.78, 5) is 0.380. The minimum Gasteiger partial charge on any atom is -0.224 e. The Balaban J connectivity index is 2.94. The average molecular weight is 263 g/mol. The van der Waals surface area contributed by atoms with Crippen molar-refractivity contribution in [1.29, 1.82) is 0 Å². The lowest BCUT2D eigenvalue weighted by molar-refractivity contribution is 0.602. The van der Waals surface area contributed by atoms with Gasteiger partial charge in [0.05, 0.1) is 4.90 Å². The normalized spacial score (nSPS) is 11.5. The third-order valence-corrected chi connectivity index (χ3v) is 3.26. The van der Waals surface area contributed by atoms with Gasteiger partial charge in [-0.3, -0.25) is 0 Å². The molecule has 2 nitrogen and oxygen atoms in total. The van der Waals surface area contributed by atoms with Crippen molar-refractivity contribution >= 4 is 25.8 Å². The van der Waals surface area contributed by atoms with E-state index in [4.69, 9.17) is 0 Å². The smallest absolute Gasteiger partial charge is 0.175 e. The molecule has 0 amide bonds. The Bertz CT molecular complexity index is 367. The molecule has 13 heavy (non-hydrogen) atoms. The fraction of sp³-hybridized carbons (Fsp3) is 0.333. The highest BCUT2D eigenvalue weighted by molar-refractivity contribution is 9.09. The number of aryl methyl sites for hydroxylation is 1. The van der Waals surface area contributed by atoms with Gasteiger partial charge in [-0.25, -0.2) is 8.42 Å². The Kier molecular flexibility index (Phi) is 3.50. The molecule has 0 N–H and O–H groups in total. The third kappa shape index (κ3) is 3.12. The fourth-order valence-electron chi connectivity index (χ4n) is 1.01. The van der Waals surface area contributed by atoms with E-state index in [1.54, 1.807) is 12.1 Å². The second-order valence-corrected chi connectivity index (χ2v) is 5.66. The molecule has 4 heteroatoms. The third-order valence-electron chi connectivity index (χ3n) is 1.73. The number of hydrogen-bond donors (Lipinski definition) is 0. The van der Waals surface area contributed by atoms with E-state index in [2.05, 4.69) is 15.9 Å². The fourth-order valence-corrected chi connectivity index (χ4v) is 2.10. The van der Waals surface area contributed by atoms with Crippen molar-refractivity contribution in [2.24, 2.45) is 0 Å². The number of rotatable bonds is 3. The second-order valence-electron chi connectivity index (χ2n) is 2.86. The van der Waals surface area contributed by atoms with Gasteiger partial charge in [0.15, 0.2) is 9.84 Å². The first-order valence-corrected chi connectivity index (χ1v) is 6.90. The van der Waals surface area contributed by atoms with Crippen LogP contribution < -0.4 is 0 Å². The molecular weight excluding hydrogens is 252 g/mol. The van der Waals surface area contributed by atoms with Crippen molar-refractivity contribution in [3.63, 3.8) is 0 Å². The van der Waals surface area contributed by atoms with Gasteiger partial charge in [-0.2, -0.15) is 0 Å². The maximum absolute atomic E-state index is 11.1. The van der Waals surface area contributed by atoms with Crippen LogP contribution in [0.1, 0.15) is 5.56 Å². The number of hydrogen-bond acceptors (Lipinski definition) is 2. The van der Waals surface area contributed by atoms with Crippen molar-refractivity contribution in [3.8, 4) is 0 Å². The first-order chi connectivity index (χ1) is 6.04. The van der Waals surface area contributed by atoms with Crippen molar-refractivity contribution < 1.29 is 8.42 Å². The molecule has 0 bridgehead atoms. The zero-order valence-electron chi connectivity index (χ0n) is 7.33. The lowest BCUT2D eigenvalue weighted by atomic mass is 10.2. The van der Waals surface area contributed by atoms with Crippen LogP contribution in [-0.2, 0) is 16.3 Å². The standard InChI is InChI=1S/C9H11BrO2S/c1-13(11,12)9-4-2-8(3-5-9)6-7-10/h2-5H,6-7H2,1H3. The summed E-state index contributed by atoms with van der Waals surface area (Å²) in [5.74, 6) is 0. The highest BCUT2D eigenvalue weighted by Gasteiger charge is 2.05. The van der Waals surface area contributed by atoms with Crippen LogP contribution in [0.3, 0.4) is 0 Å². The molecule has 0 aliphatic carbocycles. The molecule has 0 radical (unpaired) electrons. The monoisotopic (exact) mass is 262 g/mol. The van der Waals surface area contributed by atoms with E-state index in [0.717, 1.165) is 17.3 Å². The number of halogens is 1. The molecule has 0 heterocycles. The summed E-state index contributed by atoms with van der Waals surface area (Å²) >= 11 is 3.33. The van der Waals surface area contributed by atoms with Crippen LogP contribution >= 0.6 is 15.9 Å². The van der Waals surface area contributed by atoms with Crippen LogP contribution in [0.4, 0.5) is 0 Å². The zero-order chi connectivity index (χ0) is 9.90. The van der Waals surface area contributed by atoms with Crippen LogP contribution in [0.15, 0.2) is 29.2 Å². The lowest BCUT2D eigenvalue weighted by Gasteiger charge is -2.00. The van der Waals surface area contributed by atoms with E-state index < -0.39 is 9.84 Å². The van der Waals surface area contributed by atoms with Crippen LogP contribution in [0, 0.1) is 0 Å². The summed E-state index contributed by atoms with van der Waals surface area (Å²) in [5, 5.41) is 0.894. The van der Waals surface area contributed by atoms with Crippen molar-refractivity contribution in [2.45, 2.75) is 11.3 Å². The van der Waals surface area contributed by atoms with Gasteiger partial charge in [-0.1, -0.05) is 28.1 Å². The first-order valence-electron chi connectivity index (χ1n) is 3.89. The summed E-state index contributed by atoms with van der Waals surface area (Å²) in [5.41, 5.74) is 1.14. The van der Waals surface area contributed by atoms with Gasteiger partial charge in [0, 0.05) is 11.6 Å². The van der Waals surface area contributed by atoms with Crippen LogP contribution in [0.5, 0.6) is 0 Å². The Hall–Kier alpha value is -0.350. The maximum atomic E-state index is 11.1. The Morgan fingerprint density at radius 3 is 2.15 bits per heavy atom. The lowest BCUT2D eigenvalue weighted by Crippen LogP contribution is -1.97. The molecule has 0 atom stereocenters. The molecule has 0 saturated heterocycles. The second kappa shape index (κ2) is 4.24. The van der Waals surface area contributed by atoms with Gasteiger partial charge in [0.25, 0.3) is 0 Å². The highest BCUT2D eigenvalue weighted by Crippen LogP contribution is 2.10. The Morgan fingerprint density at radius 1 is 1.23 bits per heavy atom. The van der Waals surface area contributed by atoms with Crippen LogP contribution in [0.25, 0.3) is 0 Å². The largest absolute Gasteiger partial charge is 0.224 e. The molecule has 0 unspecified atom stereocenters. The topological polar surface area (TPSA) is 34.1 Å². The zero-order valence-corrected chi connectivity index (χ0v) is 9.73. The van der Waals surface area contributed by atoms with Crippen molar-refractivity contribution in [1.82, 2.24) is 0 Å². The SMILES string of the molecule is CS(=O)(=O)c1ccc(CCBr)cc1. The molecule has 1 aromatic carbocycles. The molecule has 0 spiro atoms. The molecule has 1 aromatic rings. The highest BCUT2D eigenvalue weighted by atomic mass is 79.9. The van der Waals surface area contributed by atoms with Crippen molar-refractivity contribution in [2.75, 3.05) is 11.6 Å². The maximum Gasteiger partial charge on any atom is 0.175 e. The summed E-state index contributed by atoms with van der Waals surface area (Å²) in [6, 6.07) is 6.98. The van der Waals surface area contributed by atoms with E-state index in [9.17, 15) is 8.42 Å². The van der Waals surface area contributed by atoms with Gasteiger partial charge in [0.2, 0.25) is 0 Å². The molecule has 0 aromatic heterocycles. The molecule has 0 saturated carbocycles. The predicted octanol–water partition coefficient (Wildman–Crippen LogP) is 2.03. The van der Waals surface area contributed by atoms with Gasteiger partial charge in [-0.15, -0.1) is 0 Å². The van der Waals surface area contributed by atoms with Gasteiger partial charge >= 0.3 is 0 Å². The van der Waals surface area contributed by atoms with Gasteiger partial charge < -0.3 is 0 Å². The summed E-state index contributed by atoms with van der Waals surface area (Å²) in [7, 11) is -3.05. The van der Waals surface area contributed by atoms with Crippen LogP contribution in [0.2, 0.25) is 0 Å². The average Bonchev–Trinajstić information content (AvgIpc) is 2.04. The number of alkyl halides is 1. The molecular formula is C9H11BrO2S. The van der Waals surface area contributed by atoms with E-state index in [0.29, 0.717) is 4.90 Å². The summed E-state index contributed by atoms with van der Waals surface area (Å²) in [6.45, 7) is 0. The quantitative estimate of drug-likeness (QED) is 0.782. The molecule has 0 fully saturated rings. The van der Waals surface area contributed by atoms with E-state index in [1.807, 2.05) is 12.1 Å². The Labute approximate surface area is 87.0 Å². The van der Waals surface area contributed by atoms with E-state index >= 15 is 0 Å². The molecule has 0 aliphatic rings. The minimum absolute atomic E-state index is 0.380. The first kappa shape index (κ1) is 10.7. The van der Waals surface area contributed by atoms with Crippen molar-refractivity contribution in [3.05, 3.63) is 29.8 Å². The predicted molar refractivity (Wildman–Crippen MR) is 57.0 cm³/mol.